The summed E-state index contributed by atoms with van der Waals surface area (Å²) >= 11 is 12.0. The van der Waals surface area contributed by atoms with Crippen LogP contribution in [-0.4, -0.2) is 33.4 Å². The van der Waals surface area contributed by atoms with E-state index in [-0.39, 0.29) is 5.60 Å². The second-order valence-corrected chi connectivity index (χ2v) is 5.21. The molecule has 1 aromatic rings. The Kier molecular flexibility index (Phi) is 4.87. The van der Waals surface area contributed by atoms with Gasteiger partial charge in [0.05, 0.1) is 16.7 Å². The minimum atomic E-state index is -0.373. The van der Waals surface area contributed by atoms with Crippen LogP contribution in [0.2, 0.25) is 10.0 Å². The molecule has 1 aliphatic rings. The molecule has 0 amide bonds. The Bertz CT molecular complexity index is 406. The van der Waals surface area contributed by atoms with Gasteiger partial charge in [-0.15, -0.1) is 0 Å². The molecule has 5 heteroatoms. The van der Waals surface area contributed by atoms with Gasteiger partial charge in [-0.3, -0.25) is 0 Å². The summed E-state index contributed by atoms with van der Waals surface area (Å²) in [7, 11) is 1.69. The highest BCUT2D eigenvalue weighted by Gasteiger charge is 2.35. The molecule has 1 atom stereocenters. The van der Waals surface area contributed by atoms with Crippen molar-refractivity contribution < 1.29 is 9.47 Å². The van der Waals surface area contributed by atoms with Crippen LogP contribution in [0, 0.1) is 0 Å². The lowest BCUT2D eigenvalue weighted by Gasteiger charge is -2.38. The number of hydrogen-bond acceptors (Lipinski definition) is 3. The molecule has 1 aromatic carbocycles. The maximum atomic E-state index is 6.09. The van der Waals surface area contributed by atoms with Crippen molar-refractivity contribution in [3.8, 4) is 0 Å². The van der Waals surface area contributed by atoms with Crippen LogP contribution in [0.4, 0.5) is 0 Å². The van der Waals surface area contributed by atoms with Crippen molar-refractivity contribution in [2.24, 2.45) is 0 Å². The molecule has 100 valence electrons. The zero-order valence-corrected chi connectivity index (χ0v) is 11.9. The number of ether oxygens (including phenoxy) is 2. The van der Waals surface area contributed by atoms with Crippen LogP contribution in [0.15, 0.2) is 18.2 Å². The molecule has 1 aliphatic heterocycles. The van der Waals surface area contributed by atoms with Crippen LogP contribution in [-0.2, 0) is 15.1 Å². The predicted octanol–water partition coefficient (Wildman–Crippen LogP) is 2.85. The molecule has 0 aliphatic carbocycles. The van der Waals surface area contributed by atoms with Gasteiger partial charge in [-0.25, -0.2) is 0 Å². The van der Waals surface area contributed by atoms with Gasteiger partial charge in [0.1, 0.15) is 5.60 Å². The van der Waals surface area contributed by atoms with Gasteiger partial charge in [-0.2, -0.15) is 0 Å². The van der Waals surface area contributed by atoms with Crippen molar-refractivity contribution in [2.45, 2.75) is 12.0 Å². The number of halogens is 2. The number of hydrogen-bond donors (Lipinski definition) is 1. The Morgan fingerprint density at radius 3 is 2.83 bits per heavy atom. The van der Waals surface area contributed by atoms with E-state index in [1.54, 1.807) is 7.11 Å². The summed E-state index contributed by atoms with van der Waals surface area (Å²) in [6, 6.07) is 5.66. The molecule has 1 fully saturated rings. The van der Waals surface area contributed by atoms with E-state index in [9.17, 15) is 0 Å². The molecule has 3 nitrogen and oxygen atoms in total. The average molecular weight is 290 g/mol. The van der Waals surface area contributed by atoms with Gasteiger partial charge in [0.15, 0.2) is 0 Å². The van der Waals surface area contributed by atoms with Crippen LogP contribution in [0.1, 0.15) is 12.0 Å². The van der Waals surface area contributed by atoms with Crippen molar-refractivity contribution in [3.63, 3.8) is 0 Å². The van der Waals surface area contributed by atoms with E-state index in [1.165, 1.54) is 0 Å². The monoisotopic (exact) mass is 289 g/mol. The summed E-state index contributed by atoms with van der Waals surface area (Å²) < 4.78 is 11.2. The molecule has 1 heterocycles. The van der Waals surface area contributed by atoms with Gasteiger partial charge in [-0.1, -0.05) is 29.3 Å². The first-order valence-corrected chi connectivity index (χ1v) is 6.73. The second-order valence-electron chi connectivity index (χ2n) is 4.39. The van der Waals surface area contributed by atoms with Crippen molar-refractivity contribution >= 4 is 23.2 Å². The molecule has 2 rings (SSSR count). The number of benzene rings is 1. The first kappa shape index (κ1) is 14.1. The Hall–Kier alpha value is -0.320. The molecular formula is C13H17Cl2NO2. The average Bonchev–Trinajstić information content (AvgIpc) is 2.40. The lowest BCUT2D eigenvalue weighted by Crippen LogP contribution is -2.48. The third-order valence-electron chi connectivity index (χ3n) is 3.22. The molecule has 18 heavy (non-hydrogen) atoms. The molecule has 1 N–H and O–H groups in total. The van der Waals surface area contributed by atoms with Crippen LogP contribution in [0.3, 0.4) is 0 Å². The number of nitrogens with one attached hydrogen (secondary N) is 1. The fourth-order valence-electron chi connectivity index (χ4n) is 2.20. The third-order valence-corrected chi connectivity index (χ3v) is 3.96. The van der Waals surface area contributed by atoms with Crippen molar-refractivity contribution in [1.82, 2.24) is 5.32 Å². The largest absolute Gasteiger partial charge is 0.385 e. The van der Waals surface area contributed by atoms with E-state index in [2.05, 4.69) is 5.32 Å². The maximum absolute atomic E-state index is 6.09. The van der Waals surface area contributed by atoms with Gasteiger partial charge < -0.3 is 14.8 Å². The van der Waals surface area contributed by atoms with Gasteiger partial charge in [0.25, 0.3) is 0 Å². The molecule has 0 spiro atoms. The summed E-state index contributed by atoms with van der Waals surface area (Å²) in [5.74, 6) is 0. The summed E-state index contributed by atoms with van der Waals surface area (Å²) in [5.41, 5.74) is 0.670. The summed E-state index contributed by atoms with van der Waals surface area (Å²) in [4.78, 5) is 0. The summed E-state index contributed by atoms with van der Waals surface area (Å²) in [6.45, 7) is 2.95. The quantitative estimate of drug-likeness (QED) is 0.925. The summed E-state index contributed by atoms with van der Waals surface area (Å²) in [5, 5.41) is 4.48. The van der Waals surface area contributed by atoms with Crippen molar-refractivity contribution in [1.29, 1.82) is 0 Å². The molecule has 0 saturated carbocycles. The normalized spacial score (nSPS) is 24.2. The first-order chi connectivity index (χ1) is 8.68. The van der Waals surface area contributed by atoms with Gasteiger partial charge in [0.2, 0.25) is 0 Å². The van der Waals surface area contributed by atoms with Crippen LogP contribution < -0.4 is 5.32 Å². The molecule has 0 radical (unpaired) electrons. The Balaban J connectivity index is 2.29. The molecule has 0 bridgehead atoms. The number of methoxy groups -OCH3 is 1. The van der Waals surface area contributed by atoms with Crippen LogP contribution in [0.5, 0.6) is 0 Å². The van der Waals surface area contributed by atoms with E-state index in [1.807, 2.05) is 18.2 Å². The highest BCUT2D eigenvalue weighted by molar-refractivity contribution is 6.42. The highest BCUT2D eigenvalue weighted by atomic mass is 35.5. The molecular weight excluding hydrogens is 273 g/mol. The zero-order chi connectivity index (χ0) is 13.0. The lowest BCUT2D eigenvalue weighted by atomic mass is 9.89. The van der Waals surface area contributed by atoms with Crippen molar-refractivity contribution in [2.75, 3.05) is 33.4 Å². The SMILES string of the molecule is COCCC1(c2ccc(Cl)c(Cl)c2)CNCCO1. The Morgan fingerprint density at radius 2 is 2.22 bits per heavy atom. The molecule has 0 aromatic heterocycles. The van der Waals surface area contributed by atoms with E-state index >= 15 is 0 Å². The molecule has 1 unspecified atom stereocenters. The Morgan fingerprint density at radius 1 is 1.39 bits per heavy atom. The second kappa shape index (κ2) is 6.22. The molecule has 1 saturated heterocycles. The van der Waals surface area contributed by atoms with Gasteiger partial charge in [0, 0.05) is 33.2 Å². The van der Waals surface area contributed by atoms with Crippen LogP contribution in [0.25, 0.3) is 0 Å². The van der Waals surface area contributed by atoms with Crippen molar-refractivity contribution in [3.05, 3.63) is 33.8 Å². The minimum Gasteiger partial charge on any atom is -0.385 e. The predicted molar refractivity (Wildman–Crippen MR) is 73.5 cm³/mol. The first-order valence-electron chi connectivity index (χ1n) is 5.97. The van der Waals surface area contributed by atoms with Gasteiger partial charge in [-0.05, 0) is 17.7 Å². The number of rotatable bonds is 4. The minimum absolute atomic E-state index is 0.373. The van der Waals surface area contributed by atoms with E-state index in [0.717, 1.165) is 25.1 Å². The fourth-order valence-corrected chi connectivity index (χ4v) is 2.49. The zero-order valence-electron chi connectivity index (χ0n) is 10.3. The smallest absolute Gasteiger partial charge is 0.108 e. The topological polar surface area (TPSA) is 30.5 Å². The maximum Gasteiger partial charge on any atom is 0.108 e. The number of morpholine rings is 1. The van der Waals surface area contributed by atoms with E-state index < -0.39 is 0 Å². The highest BCUT2D eigenvalue weighted by Crippen LogP contribution is 2.34. The standard InChI is InChI=1S/C13H17Cl2NO2/c1-17-6-4-13(9-16-5-7-18-13)10-2-3-11(14)12(15)8-10/h2-3,8,16H,4-7,9H2,1H3. The van der Waals surface area contributed by atoms with Gasteiger partial charge >= 0.3 is 0 Å². The lowest BCUT2D eigenvalue weighted by molar-refractivity contribution is -0.0865. The van der Waals surface area contributed by atoms with Crippen LogP contribution >= 0.6 is 23.2 Å². The Labute approximate surface area is 117 Å². The van der Waals surface area contributed by atoms with E-state index in [4.69, 9.17) is 32.7 Å². The summed E-state index contributed by atoms with van der Waals surface area (Å²) in [6.07, 6.45) is 0.786. The fraction of sp³-hybridized carbons (Fsp3) is 0.538. The third kappa shape index (κ3) is 2.98. The van der Waals surface area contributed by atoms with E-state index in [0.29, 0.717) is 23.3 Å².